The molecule has 0 spiro atoms. The average Bonchev–Trinajstić information content (AvgIpc) is 2.79. The number of hydrogen-bond acceptors (Lipinski definition) is 4. The molecular formula is C30H52O4. The zero-order valence-corrected chi connectivity index (χ0v) is 22.7. The zero-order valence-electron chi connectivity index (χ0n) is 22.7. The summed E-state index contributed by atoms with van der Waals surface area (Å²) in [6.07, 6.45) is 11.2. The van der Waals surface area contributed by atoms with Gasteiger partial charge in [0.2, 0.25) is 0 Å². The standard InChI is InChI=1S/C30H52O4/c1-20(2)8-7-13-30(19-32)17-16-28(5)21(25(30)34)9-10-23-26(3)14-12-24(33)27(4,18-31)22(26)11-15-29(23,28)6/h8,21-25,31-34H,7,9-19H2,1-6H3/t21-,22-,23-,24+,25-,26+,27+,28-,29-,30+/m1/s1. The molecule has 4 fully saturated rings. The maximum atomic E-state index is 11.9. The monoisotopic (exact) mass is 476 g/mol. The first kappa shape index (κ1) is 26.6. The van der Waals surface area contributed by atoms with E-state index in [0.29, 0.717) is 11.8 Å². The van der Waals surface area contributed by atoms with E-state index >= 15 is 0 Å². The van der Waals surface area contributed by atoms with Gasteiger partial charge in [0.25, 0.3) is 0 Å². The molecule has 0 aromatic heterocycles. The molecule has 0 aromatic carbocycles. The van der Waals surface area contributed by atoms with Crippen LogP contribution >= 0.6 is 0 Å². The third-order valence-electron chi connectivity index (χ3n) is 12.7. The van der Waals surface area contributed by atoms with E-state index in [0.717, 1.165) is 64.2 Å². The zero-order chi connectivity index (χ0) is 25.2. The third-order valence-corrected chi connectivity index (χ3v) is 12.7. The second-order valence-electron chi connectivity index (χ2n) is 14.2. The maximum Gasteiger partial charge on any atom is 0.0652 e. The highest BCUT2D eigenvalue weighted by Gasteiger charge is 2.69. The van der Waals surface area contributed by atoms with Gasteiger partial charge in [-0.2, -0.15) is 0 Å². The lowest BCUT2D eigenvalue weighted by Crippen LogP contribution is -2.68. The molecule has 0 bridgehead atoms. The Balaban J connectivity index is 1.65. The van der Waals surface area contributed by atoms with Gasteiger partial charge in [0.1, 0.15) is 0 Å². The van der Waals surface area contributed by atoms with Crippen LogP contribution in [-0.4, -0.2) is 45.8 Å². The molecular weight excluding hydrogens is 424 g/mol. The van der Waals surface area contributed by atoms with Crippen LogP contribution in [0.1, 0.15) is 106 Å². The Morgan fingerprint density at radius 2 is 1.50 bits per heavy atom. The van der Waals surface area contributed by atoms with Crippen molar-refractivity contribution in [3.05, 3.63) is 11.6 Å². The Morgan fingerprint density at radius 3 is 2.12 bits per heavy atom. The molecule has 4 aliphatic carbocycles. The van der Waals surface area contributed by atoms with E-state index in [9.17, 15) is 20.4 Å². The van der Waals surface area contributed by atoms with Crippen LogP contribution in [0.5, 0.6) is 0 Å². The van der Waals surface area contributed by atoms with Gasteiger partial charge in [-0.15, -0.1) is 0 Å². The largest absolute Gasteiger partial charge is 0.396 e. The molecule has 4 rings (SSSR count). The molecule has 0 aromatic rings. The number of aliphatic hydroxyl groups excluding tert-OH is 4. The predicted molar refractivity (Wildman–Crippen MR) is 137 cm³/mol. The number of hydrogen-bond donors (Lipinski definition) is 4. The number of rotatable bonds is 5. The van der Waals surface area contributed by atoms with Crippen molar-refractivity contribution in [2.24, 2.45) is 44.8 Å². The third kappa shape index (κ3) is 3.52. The van der Waals surface area contributed by atoms with Gasteiger partial charge < -0.3 is 20.4 Å². The minimum atomic E-state index is -0.457. The topological polar surface area (TPSA) is 80.9 Å². The first-order valence-electron chi connectivity index (χ1n) is 14.1. The highest BCUT2D eigenvalue weighted by Crippen LogP contribution is 2.74. The summed E-state index contributed by atoms with van der Waals surface area (Å²) in [6, 6.07) is 0. The molecule has 196 valence electrons. The summed E-state index contributed by atoms with van der Waals surface area (Å²) in [5.74, 6) is 1.10. The molecule has 34 heavy (non-hydrogen) atoms. The SMILES string of the molecule is CC(C)=CCC[C@@]1(CO)CC[C@]2(C)[C@H](CC[C@@H]3[C@@]4(C)CC[C@H](O)[C@@](C)(CO)[C@@H]4CC[C@]32C)[C@H]1O. The van der Waals surface area contributed by atoms with Crippen LogP contribution in [0.15, 0.2) is 11.6 Å². The Hall–Kier alpha value is -0.420. The maximum absolute atomic E-state index is 11.9. The van der Waals surface area contributed by atoms with Gasteiger partial charge in [0, 0.05) is 10.8 Å². The van der Waals surface area contributed by atoms with E-state index in [2.05, 4.69) is 47.6 Å². The van der Waals surface area contributed by atoms with Crippen LogP contribution < -0.4 is 0 Å². The molecule has 0 unspecified atom stereocenters. The minimum absolute atomic E-state index is 0.0458. The Morgan fingerprint density at radius 1 is 0.794 bits per heavy atom. The Kier molecular flexibility index (Phi) is 6.94. The van der Waals surface area contributed by atoms with Gasteiger partial charge >= 0.3 is 0 Å². The molecule has 4 N–H and O–H groups in total. The lowest BCUT2D eigenvalue weighted by Gasteiger charge is -2.72. The molecule has 10 atom stereocenters. The predicted octanol–water partition coefficient (Wildman–Crippen LogP) is 5.47. The second-order valence-corrected chi connectivity index (χ2v) is 14.2. The van der Waals surface area contributed by atoms with Crippen LogP contribution in [0.4, 0.5) is 0 Å². The average molecular weight is 477 g/mol. The van der Waals surface area contributed by atoms with Crippen molar-refractivity contribution in [2.45, 2.75) is 118 Å². The molecule has 0 saturated heterocycles. The van der Waals surface area contributed by atoms with Crippen molar-refractivity contribution in [3.8, 4) is 0 Å². The van der Waals surface area contributed by atoms with E-state index in [1.807, 2.05) is 0 Å². The van der Waals surface area contributed by atoms with Gasteiger partial charge in [-0.3, -0.25) is 0 Å². The first-order chi connectivity index (χ1) is 15.8. The molecule has 4 saturated carbocycles. The molecule has 4 nitrogen and oxygen atoms in total. The summed E-state index contributed by atoms with van der Waals surface area (Å²) < 4.78 is 0. The Labute approximate surface area is 208 Å². The van der Waals surface area contributed by atoms with Gasteiger partial charge in [-0.05, 0) is 112 Å². The van der Waals surface area contributed by atoms with E-state index in [4.69, 9.17) is 0 Å². The summed E-state index contributed by atoms with van der Waals surface area (Å²) in [5, 5.41) is 43.6. The van der Waals surface area contributed by atoms with Gasteiger partial charge in [-0.25, -0.2) is 0 Å². The van der Waals surface area contributed by atoms with Crippen molar-refractivity contribution in [1.82, 2.24) is 0 Å². The second kappa shape index (κ2) is 8.85. The fourth-order valence-electron chi connectivity index (χ4n) is 10.2. The smallest absolute Gasteiger partial charge is 0.0652 e. The quantitative estimate of drug-likeness (QED) is 0.396. The summed E-state index contributed by atoms with van der Waals surface area (Å²) >= 11 is 0. The molecule has 0 aliphatic heterocycles. The van der Waals surface area contributed by atoms with Crippen molar-refractivity contribution in [3.63, 3.8) is 0 Å². The van der Waals surface area contributed by atoms with Crippen molar-refractivity contribution in [2.75, 3.05) is 13.2 Å². The number of aliphatic hydroxyl groups is 4. The lowest BCUT2D eigenvalue weighted by atomic mass is 9.33. The van der Waals surface area contributed by atoms with E-state index in [1.54, 1.807) is 0 Å². The number of fused-ring (bicyclic) bond motifs is 5. The fraction of sp³-hybridized carbons (Fsp3) is 0.933. The summed E-state index contributed by atoms with van der Waals surface area (Å²) in [5.41, 5.74) is 0.776. The molecule has 0 radical (unpaired) electrons. The fourth-order valence-corrected chi connectivity index (χ4v) is 10.2. The first-order valence-corrected chi connectivity index (χ1v) is 14.1. The van der Waals surface area contributed by atoms with Crippen LogP contribution in [0.2, 0.25) is 0 Å². The van der Waals surface area contributed by atoms with Crippen LogP contribution in [0.25, 0.3) is 0 Å². The summed E-state index contributed by atoms with van der Waals surface area (Å²) in [4.78, 5) is 0. The molecule has 4 heteroatoms. The van der Waals surface area contributed by atoms with Crippen LogP contribution in [0, 0.1) is 44.8 Å². The normalized spacial score (nSPS) is 52.8. The summed E-state index contributed by atoms with van der Waals surface area (Å²) in [7, 11) is 0. The summed E-state index contributed by atoms with van der Waals surface area (Å²) in [6.45, 7) is 13.9. The minimum Gasteiger partial charge on any atom is -0.396 e. The molecule has 4 aliphatic rings. The Bertz CT molecular complexity index is 791. The van der Waals surface area contributed by atoms with E-state index < -0.39 is 17.6 Å². The highest BCUT2D eigenvalue weighted by atomic mass is 16.3. The number of allylic oxidation sites excluding steroid dienone is 2. The molecule has 0 amide bonds. The van der Waals surface area contributed by atoms with Crippen LogP contribution in [-0.2, 0) is 0 Å². The van der Waals surface area contributed by atoms with Crippen LogP contribution in [0.3, 0.4) is 0 Å². The van der Waals surface area contributed by atoms with Crippen molar-refractivity contribution in [1.29, 1.82) is 0 Å². The highest BCUT2D eigenvalue weighted by molar-refractivity contribution is 5.18. The van der Waals surface area contributed by atoms with E-state index in [1.165, 1.54) is 5.57 Å². The van der Waals surface area contributed by atoms with Crippen molar-refractivity contribution >= 4 is 0 Å². The van der Waals surface area contributed by atoms with Gasteiger partial charge in [0.15, 0.2) is 0 Å². The lowest BCUT2D eigenvalue weighted by molar-refractivity contribution is -0.264. The van der Waals surface area contributed by atoms with Crippen molar-refractivity contribution < 1.29 is 20.4 Å². The van der Waals surface area contributed by atoms with E-state index in [-0.39, 0.29) is 40.8 Å². The van der Waals surface area contributed by atoms with Gasteiger partial charge in [-0.1, -0.05) is 39.3 Å². The van der Waals surface area contributed by atoms with Gasteiger partial charge in [0.05, 0.1) is 25.4 Å². The molecule has 0 heterocycles.